The lowest BCUT2D eigenvalue weighted by molar-refractivity contribution is 0.0665. The summed E-state index contributed by atoms with van der Waals surface area (Å²) >= 11 is 0. The molecule has 0 heterocycles. The fourth-order valence-corrected chi connectivity index (χ4v) is 6.57. The van der Waals surface area contributed by atoms with Crippen LogP contribution in [0.2, 0.25) is 0 Å². The van der Waals surface area contributed by atoms with E-state index >= 15 is 0 Å². The standard InChI is InChI=1S/C42H85NO3/c1-5-7-9-11-13-15-17-19-21-23-25-27-29-31-33-35-37-41(46-42(44)43-38-39-45-40(3)4)36-34-32-30-28-26-24-22-20-18-16-14-12-10-8-6-2/h40-41H,5-39H2,1-4H3,(H,43,44). The quantitative estimate of drug-likeness (QED) is 0.0676. The summed E-state index contributed by atoms with van der Waals surface area (Å²) in [5.74, 6) is 0. The molecule has 0 aromatic rings. The average Bonchev–Trinajstić information content (AvgIpc) is 3.04. The number of unbranched alkanes of at least 4 members (excludes halogenated alkanes) is 29. The molecule has 276 valence electrons. The molecule has 0 aliphatic carbocycles. The van der Waals surface area contributed by atoms with Crippen molar-refractivity contribution in [3.8, 4) is 0 Å². The van der Waals surface area contributed by atoms with Crippen LogP contribution in [0.3, 0.4) is 0 Å². The van der Waals surface area contributed by atoms with Gasteiger partial charge in [-0.15, -0.1) is 0 Å². The Balaban J connectivity index is 3.91. The highest BCUT2D eigenvalue weighted by atomic mass is 16.6. The molecule has 0 fully saturated rings. The number of carbonyl (C=O) groups is 1. The van der Waals surface area contributed by atoms with Crippen molar-refractivity contribution in [1.82, 2.24) is 5.32 Å². The largest absolute Gasteiger partial charge is 0.446 e. The molecular weight excluding hydrogens is 566 g/mol. The first-order valence-electron chi connectivity index (χ1n) is 21.2. The van der Waals surface area contributed by atoms with Crippen LogP contribution >= 0.6 is 0 Å². The zero-order valence-corrected chi connectivity index (χ0v) is 32.1. The van der Waals surface area contributed by atoms with E-state index in [1.54, 1.807) is 0 Å². The molecule has 1 atom stereocenters. The second kappa shape index (κ2) is 38.7. The molecule has 0 aromatic heterocycles. The van der Waals surface area contributed by atoms with Gasteiger partial charge in [-0.1, -0.05) is 200 Å². The number of amides is 1. The van der Waals surface area contributed by atoms with Gasteiger partial charge >= 0.3 is 6.09 Å². The maximum absolute atomic E-state index is 12.4. The van der Waals surface area contributed by atoms with Crippen molar-refractivity contribution in [1.29, 1.82) is 0 Å². The van der Waals surface area contributed by atoms with E-state index in [9.17, 15) is 4.79 Å². The van der Waals surface area contributed by atoms with E-state index in [1.165, 1.54) is 199 Å². The van der Waals surface area contributed by atoms with Crippen LogP contribution in [0.5, 0.6) is 0 Å². The third-order valence-electron chi connectivity index (χ3n) is 9.61. The van der Waals surface area contributed by atoms with Gasteiger partial charge in [-0.25, -0.2) is 4.79 Å². The molecule has 0 bridgehead atoms. The third kappa shape index (κ3) is 37.7. The van der Waals surface area contributed by atoms with Crippen molar-refractivity contribution < 1.29 is 14.3 Å². The fourth-order valence-electron chi connectivity index (χ4n) is 6.57. The summed E-state index contributed by atoms with van der Waals surface area (Å²) in [6.07, 6.45) is 44.9. The van der Waals surface area contributed by atoms with Crippen LogP contribution in [0, 0.1) is 0 Å². The van der Waals surface area contributed by atoms with Crippen LogP contribution in [0.1, 0.15) is 240 Å². The van der Waals surface area contributed by atoms with Crippen LogP contribution in [-0.4, -0.2) is 31.5 Å². The van der Waals surface area contributed by atoms with E-state index in [1.807, 2.05) is 13.8 Å². The Morgan fingerprint density at radius 2 is 0.739 bits per heavy atom. The van der Waals surface area contributed by atoms with E-state index in [4.69, 9.17) is 9.47 Å². The number of carbonyl (C=O) groups excluding carboxylic acids is 1. The Kier molecular flexibility index (Phi) is 38.0. The molecule has 0 aliphatic rings. The first-order valence-corrected chi connectivity index (χ1v) is 21.2. The van der Waals surface area contributed by atoms with Crippen molar-refractivity contribution in [2.75, 3.05) is 13.2 Å². The molecule has 0 aromatic carbocycles. The maximum Gasteiger partial charge on any atom is 0.407 e. The van der Waals surface area contributed by atoms with Crippen LogP contribution in [-0.2, 0) is 9.47 Å². The molecular formula is C42H85NO3. The topological polar surface area (TPSA) is 47.6 Å². The second-order valence-corrected chi connectivity index (χ2v) is 14.7. The van der Waals surface area contributed by atoms with E-state index in [0.29, 0.717) is 13.2 Å². The normalized spacial score (nSPS) is 12.2. The molecule has 0 rings (SSSR count). The molecule has 0 radical (unpaired) electrons. The molecule has 0 spiro atoms. The maximum atomic E-state index is 12.4. The van der Waals surface area contributed by atoms with E-state index in [0.717, 1.165) is 12.8 Å². The summed E-state index contributed by atoms with van der Waals surface area (Å²) < 4.78 is 11.4. The lowest BCUT2D eigenvalue weighted by Crippen LogP contribution is -2.32. The number of hydrogen-bond donors (Lipinski definition) is 1. The molecule has 46 heavy (non-hydrogen) atoms. The highest BCUT2D eigenvalue weighted by Gasteiger charge is 2.14. The van der Waals surface area contributed by atoms with Gasteiger partial charge in [0.2, 0.25) is 0 Å². The number of hydrogen-bond acceptors (Lipinski definition) is 3. The van der Waals surface area contributed by atoms with Crippen LogP contribution < -0.4 is 5.32 Å². The van der Waals surface area contributed by atoms with Crippen molar-refractivity contribution in [3.63, 3.8) is 0 Å². The Labute approximate surface area is 290 Å². The van der Waals surface area contributed by atoms with Gasteiger partial charge in [0.05, 0.1) is 12.7 Å². The zero-order chi connectivity index (χ0) is 33.6. The first kappa shape index (κ1) is 45.2. The van der Waals surface area contributed by atoms with Crippen LogP contribution in [0.4, 0.5) is 4.79 Å². The van der Waals surface area contributed by atoms with Gasteiger partial charge in [0, 0.05) is 6.54 Å². The summed E-state index contributed by atoms with van der Waals surface area (Å²) in [5.41, 5.74) is 0. The van der Waals surface area contributed by atoms with E-state index < -0.39 is 0 Å². The predicted octanol–water partition coefficient (Wildman–Crippen LogP) is 14.4. The highest BCUT2D eigenvalue weighted by Crippen LogP contribution is 2.19. The molecule has 1 unspecified atom stereocenters. The Morgan fingerprint density at radius 3 is 1.02 bits per heavy atom. The Morgan fingerprint density at radius 1 is 0.457 bits per heavy atom. The van der Waals surface area contributed by atoms with Crippen molar-refractivity contribution in [2.24, 2.45) is 0 Å². The SMILES string of the molecule is CCCCCCCCCCCCCCCCCCC(CCCCCCCCCCCCCCCCC)OC(=O)NCCOC(C)C. The molecule has 0 aliphatic heterocycles. The van der Waals surface area contributed by atoms with E-state index in [2.05, 4.69) is 19.2 Å². The molecule has 4 heteroatoms. The van der Waals surface area contributed by atoms with Crippen LogP contribution in [0.15, 0.2) is 0 Å². The van der Waals surface area contributed by atoms with Gasteiger partial charge in [0.15, 0.2) is 0 Å². The molecule has 1 amide bonds. The minimum Gasteiger partial charge on any atom is -0.446 e. The second-order valence-electron chi connectivity index (χ2n) is 14.7. The minimum absolute atomic E-state index is 0.0552. The molecule has 4 nitrogen and oxygen atoms in total. The fraction of sp³-hybridized carbons (Fsp3) is 0.976. The van der Waals surface area contributed by atoms with Gasteiger partial charge in [0.1, 0.15) is 6.10 Å². The number of alkyl carbamates (subject to hydrolysis) is 1. The summed E-state index contributed by atoms with van der Waals surface area (Å²) in [7, 11) is 0. The van der Waals surface area contributed by atoms with Crippen LogP contribution in [0.25, 0.3) is 0 Å². The van der Waals surface area contributed by atoms with Crippen molar-refractivity contribution >= 4 is 6.09 Å². The summed E-state index contributed by atoms with van der Waals surface area (Å²) in [4.78, 5) is 12.4. The average molecular weight is 652 g/mol. The van der Waals surface area contributed by atoms with Gasteiger partial charge in [-0.2, -0.15) is 0 Å². The molecule has 0 saturated carbocycles. The monoisotopic (exact) mass is 652 g/mol. The third-order valence-corrected chi connectivity index (χ3v) is 9.61. The Bertz CT molecular complexity index is 581. The Hall–Kier alpha value is -0.770. The van der Waals surface area contributed by atoms with Gasteiger partial charge in [0.25, 0.3) is 0 Å². The van der Waals surface area contributed by atoms with Gasteiger partial charge in [-0.05, 0) is 39.5 Å². The van der Waals surface area contributed by atoms with E-state index in [-0.39, 0.29) is 18.3 Å². The lowest BCUT2D eigenvalue weighted by Gasteiger charge is -2.18. The van der Waals surface area contributed by atoms with Gasteiger partial charge in [-0.3, -0.25) is 0 Å². The van der Waals surface area contributed by atoms with Crippen molar-refractivity contribution in [2.45, 2.75) is 252 Å². The van der Waals surface area contributed by atoms with Gasteiger partial charge < -0.3 is 14.8 Å². The summed E-state index contributed by atoms with van der Waals surface area (Å²) in [6, 6.07) is 0. The number of ether oxygens (including phenoxy) is 2. The van der Waals surface area contributed by atoms with Crippen molar-refractivity contribution in [3.05, 3.63) is 0 Å². The smallest absolute Gasteiger partial charge is 0.407 e. The number of rotatable bonds is 38. The molecule has 0 saturated heterocycles. The highest BCUT2D eigenvalue weighted by molar-refractivity contribution is 5.67. The zero-order valence-electron chi connectivity index (χ0n) is 32.1. The first-order chi connectivity index (χ1) is 22.6. The molecule has 1 N–H and O–H groups in total. The number of nitrogens with one attached hydrogen (secondary N) is 1. The summed E-state index contributed by atoms with van der Waals surface area (Å²) in [6.45, 7) is 9.68. The summed E-state index contributed by atoms with van der Waals surface area (Å²) in [5, 5.41) is 2.89. The lowest BCUT2D eigenvalue weighted by atomic mass is 10.0. The minimum atomic E-state index is -0.269. The predicted molar refractivity (Wildman–Crippen MR) is 203 cm³/mol.